The second kappa shape index (κ2) is 6.27. The van der Waals surface area contributed by atoms with E-state index in [1.54, 1.807) is 6.07 Å². The maximum absolute atomic E-state index is 11.7. The number of allylic oxidation sites excluding steroid dienone is 3. The molecule has 124 valence electrons. The van der Waals surface area contributed by atoms with Crippen LogP contribution in [0.1, 0.15) is 56.0 Å². The van der Waals surface area contributed by atoms with Crippen LogP contribution in [-0.4, -0.2) is 11.1 Å². The van der Waals surface area contributed by atoms with Gasteiger partial charge in [0.15, 0.2) is 0 Å². The lowest BCUT2D eigenvalue weighted by Crippen LogP contribution is -2.19. The Bertz CT molecular complexity index is 853. The number of fused-ring (bicyclic) bond motifs is 1. The van der Waals surface area contributed by atoms with Crippen LogP contribution in [0.4, 0.5) is 0 Å². The predicted octanol–water partition coefficient (Wildman–Crippen LogP) is 6.08. The fourth-order valence-corrected chi connectivity index (χ4v) is 3.84. The van der Waals surface area contributed by atoms with Gasteiger partial charge in [-0.1, -0.05) is 61.9 Å². The van der Waals surface area contributed by atoms with Gasteiger partial charge in [-0.3, -0.25) is 0 Å². The second-order valence-electron chi connectivity index (χ2n) is 7.32. The van der Waals surface area contributed by atoms with E-state index in [0.717, 1.165) is 22.8 Å². The molecule has 0 amide bonds. The lowest BCUT2D eigenvalue weighted by atomic mass is 9.72. The molecule has 1 aliphatic rings. The zero-order chi connectivity index (χ0) is 17.3. The second-order valence-corrected chi connectivity index (χ2v) is 7.32. The predicted molar refractivity (Wildman–Crippen MR) is 100 cm³/mol. The highest BCUT2D eigenvalue weighted by Gasteiger charge is 2.26. The molecule has 0 heterocycles. The number of carboxylic acids is 1. The molecule has 0 aromatic heterocycles. The number of hydrogen-bond donors (Lipinski definition) is 1. The fourth-order valence-electron chi connectivity index (χ4n) is 3.84. The maximum Gasteiger partial charge on any atom is 0.336 e. The van der Waals surface area contributed by atoms with E-state index in [4.69, 9.17) is 0 Å². The minimum Gasteiger partial charge on any atom is -0.478 e. The Morgan fingerprint density at radius 3 is 2.58 bits per heavy atom. The van der Waals surface area contributed by atoms with E-state index in [9.17, 15) is 9.90 Å². The largest absolute Gasteiger partial charge is 0.478 e. The first kappa shape index (κ1) is 16.5. The highest BCUT2D eigenvalue weighted by Crippen LogP contribution is 2.41. The topological polar surface area (TPSA) is 37.3 Å². The molecule has 2 aromatic carbocycles. The molecule has 0 atom stereocenters. The van der Waals surface area contributed by atoms with Gasteiger partial charge in [-0.25, -0.2) is 4.79 Å². The van der Waals surface area contributed by atoms with Crippen molar-refractivity contribution in [2.75, 3.05) is 0 Å². The Kier molecular flexibility index (Phi) is 4.31. The minimum absolute atomic E-state index is 0.146. The normalized spacial score (nSPS) is 17.6. The van der Waals surface area contributed by atoms with Crippen LogP contribution in [-0.2, 0) is 0 Å². The third kappa shape index (κ3) is 3.01. The molecule has 0 radical (unpaired) electrons. The summed E-state index contributed by atoms with van der Waals surface area (Å²) in [6.07, 6.45) is 7.67. The fraction of sp³-hybridized carbons (Fsp3) is 0.318. The van der Waals surface area contributed by atoms with Gasteiger partial charge < -0.3 is 5.11 Å². The van der Waals surface area contributed by atoms with Gasteiger partial charge in [0.2, 0.25) is 0 Å². The average molecular weight is 320 g/mol. The van der Waals surface area contributed by atoms with Gasteiger partial charge in [0, 0.05) is 0 Å². The molecule has 3 rings (SSSR count). The summed E-state index contributed by atoms with van der Waals surface area (Å²) < 4.78 is 0. The average Bonchev–Trinajstić information content (AvgIpc) is 2.53. The minimum atomic E-state index is -0.881. The summed E-state index contributed by atoms with van der Waals surface area (Å²) in [5.74, 6) is -0.881. The standard InChI is InChI=1S/C22H24O2/c1-15-7-6-14-22(2,3)20(15)13-12-18-17-9-5-4-8-16(17)10-11-19(18)21(23)24/h4-5,8-13H,6-7,14H2,1-3H3,(H,23,24). The van der Waals surface area contributed by atoms with Crippen LogP contribution >= 0.6 is 0 Å². The lowest BCUT2D eigenvalue weighted by molar-refractivity contribution is 0.0697. The lowest BCUT2D eigenvalue weighted by Gasteiger charge is -2.33. The van der Waals surface area contributed by atoms with Crippen LogP contribution in [0.5, 0.6) is 0 Å². The van der Waals surface area contributed by atoms with Gasteiger partial charge in [-0.2, -0.15) is 0 Å². The molecule has 0 aliphatic heterocycles. The van der Waals surface area contributed by atoms with Gasteiger partial charge >= 0.3 is 5.97 Å². The maximum atomic E-state index is 11.7. The van der Waals surface area contributed by atoms with Crippen molar-refractivity contribution in [3.8, 4) is 0 Å². The Hall–Kier alpha value is -2.35. The van der Waals surface area contributed by atoms with Crippen LogP contribution in [0.2, 0.25) is 0 Å². The first-order valence-electron chi connectivity index (χ1n) is 8.53. The third-order valence-corrected chi connectivity index (χ3v) is 5.16. The van der Waals surface area contributed by atoms with Crippen molar-refractivity contribution < 1.29 is 9.90 Å². The monoisotopic (exact) mass is 320 g/mol. The molecule has 0 saturated carbocycles. The van der Waals surface area contributed by atoms with Crippen molar-refractivity contribution in [1.29, 1.82) is 0 Å². The first-order valence-corrected chi connectivity index (χ1v) is 8.53. The Labute approximate surface area is 143 Å². The van der Waals surface area contributed by atoms with Crippen molar-refractivity contribution in [3.05, 3.63) is 64.7 Å². The molecule has 0 bridgehead atoms. The van der Waals surface area contributed by atoms with Crippen molar-refractivity contribution in [1.82, 2.24) is 0 Å². The van der Waals surface area contributed by atoms with Gasteiger partial charge in [0.25, 0.3) is 0 Å². The summed E-state index contributed by atoms with van der Waals surface area (Å²) in [5.41, 5.74) is 4.06. The Morgan fingerprint density at radius 1 is 1.12 bits per heavy atom. The van der Waals surface area contributed by atoms with E-state index in [-0.39, 0.29) is 5.41 Å². The Morgan fingerprint density at radius 2 is 1.88 bits per heavy atom. The van der Waals surface area contributed by atoms with E-state index in [1.807, 2.05) is 36.4 Å². The molecule has 2 aromatic rings. The summed E-state index contributed by atoms with van der Waals surface area (Å²) in [4.78, 5) is 11.7. The van der Waals surface area contributed by atoms with Gasteiger partial charge in [0.1, 0.15) is 0 Å². The highest BCUT2D eigenvalue weighted by atomic mass is 16.4. The summed E-state index contributed by atoms with van der Waals surface area (Å²) in [6, 6.07) is 11.5. The molecular formula is C22H24O2. The van der Waals surface area contributed by atoms with Crippen LogP contribution in [0.3, 0.4) is 0 Å². The molecule has 1 aliphatic carbocycles. The van der Waals surface area contributed by atoms with Gasteiger partial charge in [0.05, 0.1) is 5.56 Å². The molecule has 2 nitrogen and oxygen atoms in total. The zero-order valence-electron chi connectivity index (χ0n) is 14.6. The molecule has 0 spiro atoms. The summed E-state index contributed by atoms with van der Waals surface area (Å²) >= 11 is 0. The third-order valence-electron chi connectivity index (χ3n) is 5.16. The van der Waals surface area contributed by atoms with Crippen LogP contribution < -0.4 is 0 Å². The van der Waals surface area contributed by atoms with E-state index in [2.05, 4.69) is 26.8 Å². The molecule has 0 saturated heterocycles. The molecule has 2 heteroatoms. The van der Waals surface area contributed by atoms with Crippen LogP contribution in [0.15, 0.2) is 53.6 Å². The van der Waals surface area contributed by atoms with Crippen molar-refractivity contribution >= 4 is 22.8 Å². The molecule has 0 fully saturated rings. The Balaban J connectivity index is 2.15. The number of benzene rings is 2. The smallest absolute Gasteiger partial charge is 0.336 e. The van der Waals surface area contributed by atoms with E-state index in [1.165, 1.54) is 24.0 Å². The number of aromatic carboxylic acids is 1. The number of carbonyl (C=O) groups is 1. The molecule has 1 N–H and O–H groups in total. The summed E-state index contributed by atoms with van der Waals surface area (Å²) in [6.45, 7) is 6.74. The zero-order valence-corrected chi connectivity index (χ0v) is 14.6. The van der Waals surface area contributed by atoms with E-state index < -0.39 is 5.97 Å². The van der Waals surface area contributed by atoms with Crippen molar-refractivity contribution in [2.24, 2.45) is 5.41 Å². The number of hydrogen-bond acceptors (Lipinski definition) is 1. The molecular weight excluding hydrogens is 296 g/mol. The molecule has 0 unspecified atom stereocenters. The summed E-state index contributed by atoms with van der Waals surface area (Å²) in [7, 11) is 0. The van der Waals surface area contributed by atoms with Crippen LogP contribution in [0, 0.1) is 5.41 Å². The SMILES string of the molecule is CC1=C(C=Cc2c(C(=O)O)ccc3ccccc23)C(C)(C)CCC1. The van der Waals surface area contributed by atoms with E-state index in [0.29, 0.717) is 5.56 Å². The van der Waals surface area contributed by atoms with Crippen molar-refractivity contribution in [3.63, 3.8) is 0 Å². The van der Waals surface area contributed by atoms with Gasteiger partial charge in [-0.05, 0) is 59.6 Å². The van der Waals surface area contributed by atoms with Crippen LogP contribution in [0.25, 0.3) is 16.8 Å². The molecule has 24 heavy (non-hydrogen) atoms. The quantitative estimate of drug-likeness (QED) is 0.744. The van der Waals surface area contributed by atoms with E-state index >= 15 is 0 Å². The number of rotatable bonds is 3. The highest BCUT2D eigenvalue weighted by molar-refractivity contribution is 6.02. The van der Waals surface area contributed by atoms with Crippen molar-refractivity contribution in [2.45, 2.75) is 40.0 Å². The summed E-state index contributed by atoms with van der Waals surface area (Å²) in [5, 5.41) is 11.6. The first-order chi connectivity index (χ1) is 11.4. The van der Waals surface area contributed by atoms with Gasteiger partial charge in [-0.15, -0.1) is 0 Å². The number of carboxylic acid groups (broad SMARTS) is 1.